The number of carbonyl (C=O) groups is 1. The number of hydrogen-bond donors (Lipinski definition) is 1. The van der Waals surface area contributed by atoms with Crippen molar-refractivity contribution in [2.24, 2.45) is 11.1 Å². The Bertz CT molecular complexity index is 471. The van der Waals surface area contributed by atoms with E-state index in [9.17, 15) is 4.79 Å². The molecule has 1 aliphatic rings. The van der Waals surface area contributed by atoms with Crippen LogP contribution in [0.5, 0.6) is 0 Å². The zero-order valence-corrected chi connectivity index (χ0v) is 13.3. The fourth-order valence-corrected chi connectivity index (χ4v) is 2.46. The molecule has 0 bridgehead atoms. The maximum absolute atomic E-state index is 11.9. The predicted molar refractivity (Wildman–Crippen MR) is 83.4 cm³/mol. The van der Waals surface area contributed by atoms with Crippen LogP contribution < -0.4 is 5.73 Å². The molecule has 0 unspecified atom stereocenters. The number of hydrogen-bond acceptors (Lipinski definition) is 4. The molecule has 0 spiro atoms. The SMILES string of the molecule is CC(C)(C)C(=O)ON1CCC(N)(Cc2ccccc2)CC1. The van der Waals surface area contributed by atoms with Crippen molar-refractivity contribution < 1.29 is 9.63 Å². The number of nitrogens with two attached hydrogens (primary N) is 1. The fourth-order valence-electron chi connectivity index (χ4n) is 2.46. The minimum atomic E-state index is -0.471. The summed E-state index contributed by atoms with van der Waals surface area (Å²) in [4.78, 5) is 17.3. The summed E-state index contributed by atoms with van der Waals surface area (Å²) in [5, 5.41) is 1.75. The van der Waals surface area contributed by atoms with Gasteiger partial charge in [0.25, 0.3) is 0 Å². The highest BCUT2D eigenvalue weighted by Gasteiger charge is 2.34. The molecule has 0 atom stereocenters. The van der Waals surface area contributed by atoms with Crippen molar-refractivity contribution in [3.05, 3.63) is 35.9 Å². The molecule has 4 heteroatoms. The number of carbonyl (C=O) groups excluding carboxylic acids is 1. The molecule has 1 heterocycles. The van der Waals surface area contributed by atoms with Crippen LogP contribution in [-0.2, 0) is 16.1 Å². The first-order valence-corrected chi connectivity index (χ1v) is 7.59. The van der Waals surface area contributed by atoms with Gasteiger partial charge in [0, 0.05) is 18.6 Å². The minimum absolute atomic E-state index is 0.185. The van der Waals surface area contributed by atoms with Gasteiger partial charge in [-0.2, -0.15) is 0 Å². The second-order valence-electron chi connectivity index (χ2n) is 7.08. The first-order valence-electron chi connectivity index (χ1n) is 7.59. The number of piperidine rings is 1. The second kappa shape index (κ2) is 6.16. The predicted octanol–water partition coefficient (Wildman–Crippen LogP) is 2.53. The lowest BCUT2D eigenvalue weighted by Gasteiger charge is -2.38. The van der Waals surface area contributed by atoms with E-state index in [2.05, 4.69) is 12.1 Å². The summed E-state index contributed by atoms with van der Waals surface area (Å²) in [6.07, 6.45) is 2.54. The molecule has 0 aliphatic carbocycles. The standard InChI is InChI=1S/C17H26N2O2/c1-16(2,3)15(20)21-19-11-9-17(18,10-12-19)13-14-7-5-4-6-8-14/h4-8H,9-13,18H2,1-3H3. The Kier molecular flexibility index (Phi) is 4.69. The monoisotopic (exact) mass is 290 g/mol. The molecule has 1 saturated heterocycles. The summed E-state index contributed by atoms with van der Waals surface area (Å²) >= 11 is 0. The van der Waals surface area contributed by atoms with E-state index in [1.165, 1.54) is 5.56 Å². The Morgan fingerprint density at radius 2 is 1.81 bits per heavy atom. The lowest BCUT2D eigenvalue weighted by molar-refractivity contribution is -0.206. The summed E-state index contributed by atoms with van der Waals surface area (Å²) in [5.74, 6) is -0.185. The molecule has 0 saturated carbocycles. The van der Waals surface area contributed by atoms with Gasteiger partial charge in [0.15, 0.2) is 0 Å². The molecule has 0 amide bonds. The van der Waals surface area contributed by atoms with E-state index in [-0.39, 0.29) is 11.5 Å². The van der Waals surface area contributed by atoms with Gasteiger partial charge in [-0.3, -0.25) is 0 Å². The molecule has 1 fully saturated rings. The Balaban J connectivity index is 1.86. The van der Waals surface area contributed by atoms with Gasteiger partial charge < -0.3 is 10.6 Å². The van der Waals surface area contributed by atoms with Crippen LogP contribution in [0.4, 0.5) is 0 Å². The lowest BCUT2D eigenvalue weighted by atomic mass is 9.83. The molecule has 1 aromatic carbocycles. The topological polar surface area (TPSA) is 55.6 Å². The zero-order valence-electron chi connectivity index (χ0n) is 13.3. The van der Waals surface area contributed by atoms with E-state index >= 15 is 0 Å². The van der Waals surface area contributed by atoms with Crippen molar-refractivity contribution in [3.63, 3.8) is 0 Å². The summed E-state index contributed by atoms with van der Waals surface area (Å²) in [6, 6.07) is 10.3. The van der Waals surface area contributed by atoms with Crippen LogP contribution >= 0.6 is 0 Å². The summed E-state index contributed by atoms with van der Waals surface area (Å²) in [5.41, 5.74) is 7.09. The average Bonchev–Trinajstić information content (AvgIpc) is 2.41. The zero-order chi connectivity index (χ0) is 15.5. The van der Waals surface area contributed by atoms with Gasteiger partial charge in [-0.15, -0.1) is 5.06 Å². The normalized spacial score (nSPS) is 19.2. The molecule has 2 N–H and O–H groups in total. The van der Waals surface area contributed by atoms with Crippen LogP contribution in [0, 0.1) is 5.41 Å². The highest BCUT2D eigenvalue weighted by atomic mass is 16.7. The third-order valence-electron chi connectivity index (χ3n) is 3.94. The van der Waals surface area contributed by atoms with Gasteiger partial charge in [0.05, 0.1) is 5.41 Å². The van der Waals surface area contributed by atoms with Gasteiger partial charge in [-0.05, 0) is 45.6 Å². The van der Waals surface area contributed by atoms with Crippen LogP contribution in [-0.4, -0.2) is 29.7 Å². The van der Waals surface area contributed by atoms with E-state index in [0.29, 0.717) is 13.1 Å². The molecule has 1 aromatic rings. The molecular formula is C17H26N2O2. The molecular weight excluding hydrogens is 264 g/mol. The van der Waals surface area contributed by atoms with E-state index in [1.54, 1.807) is 5.06 Å². The van der Waals surface area contributed by atoms with E-state index in [0.717, 1.165) is 19.3 Å². The van der Waals surface area contributed by atoms with Crippen molar-refractivity contribution in [2.75, 3.05) is 13.1 Å². The minimum Gasteiger partial charge on any atom is -0.367 e. The van der Waals surface area contributed by atoms with Crippen molar-refractivity contribution in [1.82, 2.24) is 5.06 Å². The first-order chi connectivity index (χ1) is 9.78. The van der Waals surface area contributed by atoms with E-state index < -0.39 is 5.41 Å². The van der Waals surface area contributed by atoms with Gasteiger partial charge in [0.2, 0.25) is 0 Å². The van der Waals surface area contributed by atoms with E-state index in [4.69, 9.17) is 10.6 Å². The second-order valence-corrected chi connectivity index (χ2v) is 7.08. The summed E-state index contributed by atoms with van der Waals surface area (Å²) < 4.78 is 0. The van der Waals surface area contributed by atoms with Gasteiger partial charge >= 0.3 is 5.97 Å². The molecule has 1 aliphatic heterocycles. The molecule has 4 nitrogen and oxygen atoms in total. The van der Waals surface area contributed by atoms with Crippen molar-refractivity contribution in [3.8, 4) is 0 Å². The number of nitrogens with zero attached hydrogens (tertiary/aromatic N) is 1. The maximum atomic E-state index is 11.9. The maximum Gasteiger partial charge on any atom is 0.330 e. The van der Waals surface area contributed by atoms with Crippen molar-refractivity contribution in [2.45, 2.75) is 45.6 Å². The number of hydroxylamine groups is 2. The number of benzene rings is 1. The third kappa shape index (κ3) is 4.55. The quantitative estimate of drug-likeness (QED) is 0.929. The van der Waals surface area contributed by atoms with Crippen LogP contribution in [0.15, 0.2) is 30.3 Å². The molecule has 0 radical (unpaired) electrons. The highest BCUT2D eigenvalue weighted by molar-refractivity contribution is 5.75. The van der Waals surface area contributed by atoms with Crippen LogP contribution in [0.25, 0.3) is 0 Å². The Morgan fingerprint density at radius 3 is 2.33 bits per heavy atom. The van der Waals surface area contributed by atoms with Gasteiger partial charge in [0.1, 0.15) is 0 Å². The largest absolute Gasteiger partial charge is 0.367 e. The lowest BCUT2D eigenvalue weighted by Crippen LogP contribution is -2.52. The van der Waals surface area contributed by atoms with Crippen molar-refractivity contribution in [1.29, 1.82) is 0 Å². The number of rotatable bonds is 3. The Hall–Kier alpha value is -1.39. The molecule has 0 aromatic heterocycles. The average molecular weight is 290 g/mol. The van der Waals surface area contributed by atoms with Crippen molar-refractivity contribution >= 4 is 5.97 Å². The summed E-state index contributed by atoms with van der Waals surface area (Å²) in [6.45, 7) is 6.99. The highest BCUT2D eigenvalue weighted by Crippen LogP contribution is 2.25. The van der Waals surface area contributed by atoms with Crippen LogP contribution in [0.2, 0.25) is 0 Å². The fraction of sp³-hybridized carbons (Fsp3) is 0.588. The summed E-state index contributed by atoms with van der Waals surface area (Å²) in [7, 11) is 0. The van der Waals surface area contributed by atoms with Gasteiger partial charge in [-0.1, -0.05) is 30.3 Å². The Morgan fingerprint density at radius 1 is 1.24 bits per heavy atom. The van der Waals surface area contributed by atoms with Crippen LogP contribution in [0.1, 0.15) is 39.2 Å². The first kappa shape index (κ1) is 16.0. The van der Waals surface area contributed by atoms with E-state index in [1.807, 2.05) is 39.0 Å². The van der Waals surface area contributed by atoms with Crippen LogP contribution in [0.3, 0.4) is 0 Å². The molecule has 116 valence electrons. The molecule has 21 heavy (non-hydrogen) atoms. The third-order valence-corrected chi connectivity index (χ3v) is 3.94. The van der Waals surface area contributed by atoms with Gasteiger partial charge in [-0.25, -0.2) is 4.79 Å². The molecule has 2 rings (SSSR count). The smallest absolute Gasteiger partial charge is 0.330 e. The Labute approximate surface area is 127 Å².